The van der Waals surface area contributed by atoms with E-state index in [9.17, 15) is 4.79 Å². The van der Waals surface area contributed by atoms with Gasteiger partial charge in [-0.1, -0.05) is 20.3 Å². The van der Waals surface area contributed by atoms with Crippen LogP contribution in [0.1, 0.15) is 51.4 Å². The second-order valence-corrected chi connectivity index (χ2v) is 6.43. The van der Waals surface area contributed by atoms with E-state index in [1.807, 2.05) is 25.6 Å². The van der Waals surface area contributed by atoms with Gasteiger partial charge in [-0.3, -0.25) is 9.48 Å². The first-order valence-corrected chi connectivity index (χ1v) is 8.14. The minimum atomic E-state index is 0.0839. The molecule has 0 fully saturated rings. The summed E-state index contributed by atoms with van der Waals surface area (Å²) in [6.07, 6.45) is 4.22. The highest BCUT2D eigenvalue weighted by Crippen LogP contribution is 2.23. The van der Waals surface area contributed by atoms with Gasteiger partial charge in [0.05, 0.1) is 15.9 Å². The monoisotopic (exact) mass is 343 g/mol. The molecule has 0 aliphatic rings. The van der Waals surface area contributed by atoms with Crippen molar-refractivity contribution in [1.82, 2.24) is 9.78 Å². The molecule has 0 aliphatic heterocycles. The van der Waals surface area contributed by atoms with Gasteiger partial charge in [-0.2, -0.15) is 5.10 Å². The molecule has 1 aromatic rings. The molecule has 2 unspecified atom stereocenters. The number of aromatic nitrogens is 2. The quantitative estimate of drug-likeness (QED) is 0.789. The third-order valence-corrected chi connectivity index (χ3v) is 4.61. The highest BCUT2D eigenvalue weighted by Gasteiger charge is 2.19. The number of aryl methyl sites for hydroxylation is 2. The molecule has 2 N–H and O–H groups in total. The number of nitrogens with two attached hydrogens (primary N) is 1. The van der Waals surface area contributed by atoms with Crippen molar-refractivity contribution in [3.8, 4) is 0 Å². The second kappa shape index (κ2) is 7.93. The molecule has 0 saturated heterocycles. The maximum Gasteiger partial charge on any atom is 0.141 e. The first-order valence-electron chi connectivity index (χ1n) is 7.35. The highest BCUT2D eigenvalue weighted by molar-refractivity contribution is 9.10. The van der Waals surface area contributed by atoms with Crippen LogP contribution in [0.2, 0.25) is 0 Å². The fraction of sp³-hybridized carbons (Fsp3) is 0.733. The fourth-order valence-corrected chi connectivity index (χ4v) is 3.01. The number of hydrogen-bond donors (Lipinski definition) is 1. The summed E-state index contributed by atoms with van der Waals surface area (Å²) in [5.41, 5.74) is 7.72. The Morgan fingerprint density at radius 1 is 1.40 bits per heavy atom. The van der Waals surface area contributed by atoms with Crippen molar-refractivity contribution in [2.45, 2.75) is 58.9 Å². The van der Waals surface area contributed by atoms with E-state index in [0.717, 1.165) is 41.5 Å². The van der Waals surface area contributed by atoms with E-state index in [4.69, 9.17) is 5.73 Å². The van der Waals surface area contributed by atoms with Crippen LogP contribution in [0.5, 0.6) is 0 Å². The van der Waals surface area contributed by atoms with Crippen LogP contribution in [0.15, 0.2) is 4.47 Å². The predicted octanol–water partition coefficient (Wildman–Crippen LogP) is 3.01. The Balaban J connectivity index is 2.59. The SMILES string of the molecule is CCc1nn(C)c(CC(=O)C(C)CCCC(C)N)c1Br. The summed E-state index contributed by atoms with van der Waals surface area (Å²) < 4.78 is 2.80. The van der Waals surface area contributed by atoms with E-state index in [2.05, 4.69) is 28.0 Å². The number of carbonyl (C=O) groups is 1. The molecule has 0 amide bonds. The summed E-state index contributed by atoms with van der Waals surface area (Å²) in [6, 6.07) is 0.218. The number of Topliss-reactive ketones (excluding diaryl/α,β-unsaturated/α-hetero) is 1. The van der Waals surface area contributed by atoms with Crippen molar-refractivity contribution in [3.63, 3.8) is 0 Å². The summed E-state index contributed by atoms with van der Waals surface area (Å²) >= 11 is 3.56. The van der Waals surface area contributed by atoms with Crippen molar-refractivity contribution in [2.24, 2.45) is 18.7 Å². The summed E-state index contributed by atoms with van der Waals surface area (Å²) in [5, 5.41) is 4.43. The lowest BCUT2D eigenvalue weighted by Crippen LogP contribution is -2.18. The van der Waals surface area contributed by atoms with Gasteiger partial charge in [0, 0.05) is 25.4 Å². The van der Waals surface area contributed by atoms with E-state index in [-0.39, 0.29) is 17.7 Å². The van der Waals surface area contributed by atoms with Crippen LogP contribution < -0.4 is 5.73 Å². The highest BCUT2D eigenvalue weighted by atomic mass is 79.9. The lowest BCUT2D eigenvalue weighted by atomic mass is 9.95. The molecule has 0 aromatic carbocycles. The van der Waals surface area contributed by atoms with Gasteiger partial charge in [0.15, 0.2) is 0 Å². The largest absolute Gasteiger partial charge is 0.328 e. The summed E-state index contributed by atoms with van der Waals surface area (Å²) in [7, 11) is 1.90. The number of hydrogen-bond acceptors (Lipinski definition) is 3. The number of halogens is 1. The molecule has 4 nitrogen and oxygen atoms in total. The lowest BCUT2D eigenvalue weighted by molar-refractivity contribution is -0.122. The molecular weight excluding hydrogens is 318 g/mol. The van der Waals surface area contributed by atoms with E-state index < -0.39 is 0 Å². The first kappa shape index (κ1) is 17.4. The number of carbonyl (C=O) groups excluding carboxylic acids is 1. The van der Waals surface area contributed by atoms with Gasteiger partial charge in [0.25, 0.3) is 0 Å². The van der Waals surface area contributed by atoms with Gasteiger partial charge in [-0.15, -0.1) is 0 Å². The molecule has 1 aromatic heterocycles. The Bertz CT molecular complexity index is 454. The maximum absolute atomic E-state index is 12.3. The second-order valence-electron chi connectivity index (χ2n) is 5.64. The van der Waals surface area contributed by atoms with E-state index in [1.54, 1.807) is 0 Å². The molecule has 0 spiro atoms. The minimum absolute atomic E-state index is 0.0839. The summed E-state index contributed by atoms with van der Waals surface area (Å²) in [6.45, 7) is 6.08. The van der Waals surface area contributed by atoms with Gasteiger partial charge < -0.3 is 5.73 Å². The van der Waals surface area contributed by atoms with Gasteiger partial charge >= 0.3 is 0 Å². The third kappa shape index (κ3) is 4.70. The number of nitrogens with zero attached hydrogens (tertiary/aromatic N) is 2. The van der Waals surface area contributed by atoms with Gasteiger partial charge in [-0.25, -0.2) is 0 Å². The zero-order chi connectivity index (χ0) is 15.3. The Morgan fingerprint density at radius 2 is 2.05 bits per heavy atom. The molecule has 114 valence electrons. The standard InChI is InChI=1S/C15H26BrN3O/c1-5-12-15(16)13(19(4)18-12)9-14(20)10(2)7-6-8-11(3)17/h10-11H,5-9,17H2,1-4H3. The van der Waals surface area contributed by atoms with Crippen LogP contribution in [0.3, 0.4) is 0 Å². The van der Waals surface area contributed by atoms with Crippen LogP contribution in [0.4, 0.5) is 0 Å². The average Bonchev–Trinajstić information content (AvgIpc) is 2.65. The Morgan fingerprint density at radius 3 is 2.55 bits per heavy atom. The molecule has 1 heterocycles. The Labute approximate surface area is 130 Å². The molecule has 20 heavy (non-hydrogen) atoms. The topological polar surface area (TPSA) is 60.9 Å². The third-order valence-electron chi connectivity index (χ3n) is 3.69. The molecule has 5 heteroatoms. The molecule has 0 saturated carbocycles. The van der Waals surface area contributed by atoms with E-state index in [0.29, 0.717) is 6.42 Å². The molecule has 1 rings (SSSR count). The van der Waals surface area contributed by atoms with Gasteiger partial charge in [0.2, 0.25) is 0 Å². The first-order chi connectivity index (χ1) is 9.36. The van der Waals surface area contributed by atoms with Crippen LogP contribution >= 0.6 is 15.9 Å². The van der Waals surface area contributed by atoms with E-state index in [1.165, 1.54) is 0 Å². The van der Waals surface area contributed by atoms with Crippen molar-refractivity contribution in [1.29, 1.82) is 0 Å². The fourth-order valence-electron chi connectivity index (χ4n) is 2.26. The zero-order valence-corrected chi connectivity index (χ0v) is 14.5. The minimum Gasteiger partial charge on any atom is -0.328 e. The van der Waals surface area contributed by atoms with Crippen LogP contribution in [-0.4, -0.2) is 21.6 Å². The summed E-state index contributed by atoms with van der Waals surface area (Å²) in [5.74, 6) is 0.363. The van der Waals surface area contributed by atoms with Crippen LogP contribution in [-0.2, 0) is 24.7 Å². The molecule has 2 atom stereocenters. The molecule has 0 bridgehead atoms. The summed E-state index contributed by atoms with van der Waals surface area (Å²) in [4.78, 5) is 12.3. The zero-order valence-electron chi connectivity index (χ0n) is 12.9. The van der Waals surface area contributed by atoms with Crippen molar-refractivity contribution < 1.29 is 4.79 Å². The van der Waals surface area contributed by atoms with Gasteiger partial charge in [-0.05, 0) is 42.1 Å². The average molecular weight is 344 g/mol. The van der Waals surface area contributed by atoms with Crippen molar-refractivity contribution >= 4 is 21.7 Å². The smallest absolute Gasteiger partial charge is 0.141 e. The van der Waals surface area contributed by atoms with Crippen molar-refractivity contribution in [2.75, 3.05) is 0 Å². The normalized spacial score (nSPS) is 14.3. The molecule has 0 aliphatic carbocycles. The van der Waals surface area contributed by atoms with Crippen LogP contribution in [0.25, 0.3) is 0 Å². The molecular formula is C15H26BrN3O. The maximum atomic E-state index is 12.3. The van der Waals surface area contributed by atoms with E-state index >= 15 is 0 Å². The van der Waals surface area contributed by atoms with Gasteiger partial charge in [0.1, 0.15) is 5.78 Å². The van der Waals surface area contributed by atoms with Crippen LogP contribution in [0, 0.1) is 5.92 Å². The molecule has 0 radical (unpaired) electrons. The Kier molecular flexibility index (Phi) is 6.89. The number of ketones is 1. The van der Waals surface area contributed by atoms with Crippen molar-refractivity contribution in [3.05, 3.63) is 15.9 Å². The number of rotatable bonds is 8. The lowest BCUT2D eigenvalue weighted by Gasteiger charge is -2.11. The predicted molar refractivity (Wildman–Crippen MR) is 85.7 cm³/mol. The Hall–Kier alpha value is -0.680.